The number of alkyl halides is 3. The minimum absolute atomic E-state index is 0.139. The lowest BCUT2D eigenvalue weighted by Gasteiger charge is -2.27. The van der Waals surface area contributed by atoms with Gasteiger partial charge in [-0.15, -0.1) is 10.1 Å². The van der Waals surface area contributed by atoms with Crippen LogP contribution in [0, 0.1) is 10.1 Å². The SMILES string of the molecule is COc1cnccc1-c1cccc(C(C)(C)NSc2ccc(C(F)(F)F)cc2O[N+](=O)[O-])c1. The molecule has 0 saturated carbocycles. The highest BCUT2D eigenvalue weighted by Crippen LogP contribution is 2.38. The van der Waals surface area contributed by atoms with Crippen LogP contribution in [-0.2, 0) is 11.7 Å². The van der Waals surface area contributed by atoms with Crippen LogP contribution in [-0.4, -0.2) is 17.2 Å². The summed E-state index contributed by atoms with van der Waals surface area (Å²) >= 11 is 0.938. The second-order valence-corrected chi connectivity index (χ2v) is 8.31. The number of nitrogens with one attached hydrogen (secondary N) is 1. The van der Waals surface area contributed by atoms with Gasteiger partial charge in [-0.2, -0.15) is 13.2 Å². The smallest absolute Gasteiger partial charge is 0.416 e. The summed E-state index contributed by atoms with van der Waals surface area (Å²) in [5.41, 5.74) is 0.896. The largest absolute Gasteiger partial charge is 0.494 e. The van der Waals surface area contributed by atoms with Crippen molar-refractivity contribution in [1.29, 1.82) is 0 Å². The van der Waals surface area contributed by atoms with Crippen molar-refractivity contribution in [2.45, 2.75) is 30.5 Å². The van der Waals surface area contributed by atoms with Crippen LogP contribution in [0.5, 0.6) is 11.5 Å². The summed E-state index contributed by atoms with van der Waals surface area (Å²) in [6, 6.07) is 12.1. The number of ether oxygens (including phenoxy) is 1. The van der Waals surface area contributed by atoms with E-state index in [1.807, 2.05) is 44.2 Å². The number of methoxy groups -OCH3 is 1. The Labute approximate surface area is 192 Å². The van der Waals surface area contributed by atoms with E-state index in [0.717, 1.165) is 40.8 Å². The van der Waals surface area contributed by atoms with Crippen molar-refractivity contribution >= 4 is 11.9 Å². The molecule has 174 valence electrons. The average molecular weight is 479 g/mol. The van der Waals surface area contributed by atoms with Crippen LogP contribution in [0.25, 0.3) is 11.1 Å². The van der Waals surface area contributed by atoms with Gasteiger partial charge in [-0.1, -0.05) is 18.2 Å². The van der Waals surface area contributed by atoms with Crippen LogP contribution >= 0.6 is 11.9 Å². The zero-order valence-electron chi connectivity index (χ0n) is 17.8. The third-order valence-electron chi connectivity index (χ3n) is 4.76. The normalized spacial score (nSPS) is 11.8. The molecule has 0 fully saturated rings. The lowest BCUT2D eigenvalue weighted by atomic mass is 9.92. The number of hydrogen-bond acceptors (Lipinski definition) is 7. The summed E-state index contributed by atoms with van der Waals surface area (Å²) in [7, 11) is 1.56. The highest BCUT2D eigenvalue weighted by atomic mass is 32.2. The van der Waals surface area contributed by atoms with Gasteiger partial charge in [0.1, 0.15) is 11.5 Å². The number of aromatic nitrogens is 1. The van der Waals surface area contributed by atoms with Crippen LogP contribution in [0.3, 0.4) is 0 Å². The topological polar surface area (TPSA) is 86.5 Å². The van der Waals surface area contributed by atoms with Crippen molar-refractivity contribution in [3.8, 4) is 22.6 Å². The molecule has 0 radical (unpaired) electrons. The van der Waals surface area contributed by atoms with Gasteiger partial charge in [-0.3, -0.25) is 9.82 Å². The Morgan fingerprint density at radius 3 is 2.48 bits per heavy atom. The van der Waals surface area contributed by atoms with Gasteiger partial charge >= 0.3 is 6.18 Å². The van der Waals surface area contributed by atoms with E-state index < -0.39 is 28.1 Å². The summed E-state index contributed by atoms with van der Waals surface area (Å²) in [6.07, 6.45) is -1.38. The number of pyridine rings is 1. The molecule has 3 rings (SSSR count). The molecule has 0 aliphatic carbocycles. The summed E-state index contributed by atoms with van der Waals surface area (Å²) in [5.74, 6) is 0.111. The van der Waals surface area contributed by atoms with Gasteiger partial charge in [0.15, 0.2) is 0 Å². The van der Waals surface area contributed by atoms with E-state index in [1.54, 1.807) is 19.5 Å². The van der Waals surface area contributed by atoms with Crippen LogP contribution in [0.2, 0.25) is 0 Å². The second kappa shape index (κ2) is 9.67. The Kier molecular flexibility index (Phi) is 7.13. The summed E-state index contributed by atoms with van der Waals surface area (Å²) in [6.45, 7) is 3.75. The molecule has 1 heterocycles. The first-order valence-electron chi connectivity index (χ1n) is 9.58. The Bertz CT molecular complexity index is 1160. The fraction of sp³-hybridized carbons (Fsp3) is 0.227. The minimum atomic E-state index is -4.65. The summed E-state index contributed by atoms with van der Waals surface area (Å²) in [4.78, 5) is 19.4. The third-order valence-corrected chi connectivity index (χ3v) is 5.93. The molecule has 1 N–H and O–H groups in total. The summed E-state index contributed by atoms with van der Waals surface area (Å²) in [5, 5.41) is 9.64. The predicted molar refractivity (Wildman–Crippen MR) is 117 cm³/mol. The van der Waals surface area contributed by atoms with E-state index in [9.17, 15) is 23.3 Å². The van der Waals surface area contributed by atoms with E-state index >= 15 is 0 Å². The first-order chi connectivity index (χ1) is 15.5. The maximum absolute atomic E-state index is 13.0. The fourth-order valence-electron chi connectivity index (χ4n) is 3.02. The van der Waals surface area contributed by atoms with Gasteiger partial charge < -0.3 is 4.74 Å². The molecular formula is C22H20F3N3O4S. The van der Waals surface area contributed by atoms with E-state index in [0.29, 0.717) is 11.8 Å². The van der Waals surface area contributed by atoms with Gasteiger partial charge in [-0.05, 0) is 67.3 Å². The second-order valence-electron chi connectivity index (χ2n) is 7.46. The van der Waals surface area contributed by atoms with E-state index in [-0.39, 0.29) is 4.90 Å². The van der Waals surface area contributed by atoms with Gasteiger partial charge in [0.2, 0.25) is 0 Å². The van der Waals surface area contributed by atoms with Crippen molar-refractivity contribution in [2.75, 3.05) is 7.11 Å². The predicted octanol–water partition coefficient (Wildman–Crippen LogP) is 5.88. The van der Waals surface area contributed by atoms with E-state index in [2.05, 4.69) is 14.5 Å². The van der Waals surface area contributed by atoms with Gasteiger partial charge in [0, 0.05) is 17.3 Å². The molecule has 1 aromatic heterocycles. The molecule has 0 spiro atoms. The Morgan fingerprint density at radius 2 is 1.82 bits per heavy atom. The number of nitrogens with zero attached hydrogens (tertiary/aromatic N) is 2. The lowest BCUT2D eigenvalue weighted by molar-refractivity contribution is -0.711. The quantitative estimate of drug-likeness (QED) is 0.245. The number of hydrogen-bond donors (Lipinski definition) is 1. The van der Waals surface area contributed by atoms with Crippen molar-refractivity contribution < 1.29 is 27.8 Å². The molecule has 3 aromatic rings. The molecule has 0 aliphatic rings. The standard InChI is InChI=1S/C22H20F3N3O4S/c1-21(2,15-6-4-5-14(11-15)17-9-10-26-13-19(17)31-3)27-33-20-8-7-16(22(23,24)25)12-18(20)32-28(29)30/h4-13,27H,1-3H3. The Balaban J connectivity index is 1.86. The van der Waals surface area contributed by atoms with Crippen molar-refractivity contribution in [2.24, 2.45) is 0 Å². The van der Waals surface area contributed by atoms with Crippen LogP contribution in [0.1, 0.15) is 25.0 Å². The third kappa shape index (κ3) is 5.93. The minimum Gasteiger partial charge on any atom is -0.494 e. The molecule has 0 bridgehead atoms. The van der Waals surface area contributed by atoms with Crippen molar-refractivity contribution in [3.05, 3.63) is 82.2 Å². The maximum atomic E-state index is 13.0. The molecule has 0 saturated heterocycles. The lowest BCUT2D eigenvalue weighted by Crippen LogP contribution is -2.31. The first-order valence-corrected chi connectivity index (χ1v) is 10.4. The zero-order chi connectivity index (χ0) is 24.2. The van der Waals surface area contributed by atoms with E-state index in [4.69, 9.17) is 4.74 Å². The Hall–Kier alpha value is -3.31. The average Bonchev–Trinajstić information content (AvgIpc) is 2.77. The molecule has 0 unspecified atom stereocenters. The van der Waals surface area contributed by atoms with Crippen molar-refractivity contribution in [1.82, 2.24) is 9.71 Å². The molecule has 0 amide bonds. The molecular weight excluding hydrogens is 459 g/mol. The fourth-order valence-corrected chi connectivity index (χ4v) is 3.83. The van der Waals surface area contributed by atoms with Gasteiger partial charge in [-0.25, -0.2) is 4.72 Å². The zero-order valence-corrected chi connectivity index (χ0v) is 18.7. The summed E-state index contributed by atoms with van der Waals surface area (Å²) < 4.78 is 47.6. The molecule has 7 nitrogen and oxygen atoms in total. The highest BCUT2D eigenvalue weighted by Gasteiger charge is 2.32. The molecule has 2 aromatic carbocycles. The number of rotatable bonds is 8. The van der Waals surface area contributed by atoms with Gasteiger partial charge in [0.25, 0.3) is 5.09 Å². The molecule has 0 atom stereocenters. The maximum Gasteiger partial charge on any atom is 0.416 e. The monoisotopic (exact) mass is 479 g/mol. The van der Waals surface area contributed by atoms with Gasteiger partial charge in [0.05, 0.1) is 23.8 Å². The number of halogens is 3. The van der Waals surface area contributed by atoms with Crippen LogP contribution in [0.4, 0.5) is 13.2 Å². The van der Waals surface area contributed by atoms with Crippen molar-refractivity contribution in [3.63, 3.8) is 0 Å². The van der Waals surface area contributed by atoms with Crippen LogP contribution in [0.15, 0.2) is 65.8 Å². The van der Waals surface area contributed by atoms with Crippen LogP contribution < -0.4 is 14.3 Å². The molecule has 33 heavy (non-hydrogen) atoms. The highest BCUT2D eigenvalue weighted by molar-refractivity contribution is 7.97. The Morgan fingerprint density at radius 1 is 1.06 bits per heavy atom. The molecule has 0 aliphatic heterocycles. The van der Waals surface area contributed by atoms with E-state index in [1.165, 1.54) is 0 Å². The molecule has 11 heteroatoms. The first kappa shape index (κ1) is 24.3. The number of benzene rings is 2.